The lowest BCUT2D eigenvalue weighted by Crippen LogP contribution is -2.31. The molecule has 1 unspecified atom stereocenters. The van der Waals surface area contributed by atoms with Crippen LogP contribution in [-0.2, 0) is 4.79 Å². The van der Waals surface area contributed by atoms with Gasteiger partial charge in [-0.05, 0) is 0 Å². The summed E-state index contributed by atoms with van der Waals surface area (Å²) in [5.74, 6) is 0.778. The fourth-order valence-electron chi connectivity index (χ4n) is 1.49. The SMILES string of the molecule is CC1CNc2ncncc2N(C)C1=O. The predicted octanol–water partition coefficient (Wildman–Crippen LogP) is 0.501. The van der Waals surface area contributed by atoms with Crippen LogP contribution in [0.1, 0.15) is 6.92 Å². The molecule has 14 heavy (non-hydrogen) atoms. The molecule has 1 aromatic rings. The van der Waals surface area contributed by atoms with Crippen molar-refractivity contribution in [2.75, 3.05) is 23.8 Å². The minimum absolute atomic E-state index is 0.0331. The van der Waals surface area contributed by atoms with Gasteiger partial charge in [0.2, 0.25) is 5.91 Å². The van der Waals surface area contributed by atoms with Crippen LogP contribution in [0.5, 0.6) is 0 Å². The second-order valence-electron chi connectivity index (χ2n) is 3.44. The maximum atomic E-state index is 11.7. The predicted molar refractivity (Wildman–Crippen MR) is 53.1 cm³/mol. The van der Waals surface area contributed by atoms with Gasteiger partial charge in [0.05, 0.1) is 12.1 Å². The zero-order valence-electron chi connectivity index (χ0n) is 8.19. The van der Waals surface area contributed by atoms with E-state index in [0.717, 1.165) is 11.5 Å². The number of aromatic nitrogens is 2. The number of rotatable bonds is 0. The summed E-state index contributed by atoms with van der Waals surface area (Å²) >= 11 is 0. The van der Waals surface area contributed by atoms with Crippen molar-refractivity contribution in [3.05, 3.63) is 12.5 Å². The molecule has 0 radical (unpaired) electrons. The average molecular weight is 192 g/mol. The third kappa shape index (κ3) is 1.30. The van der Waals surface area contributed by atoms with Gasteiger partial charge in [0.25, 0.3) is 0 Å². The number of amides is 1. The lowest BCUT2D eigenvalue weighted by molar-refractivity contribution is -0.121. The molecule has 0 aromatic carbocycles. The van der Waals surface area contributed by atoms with Gasteiger partial charge in [-0.3, -0.25) is 4.79 Å². The molecular formula is C9H12N4O. The van der Waals surface area contributed by atoms with Crippen LogP contribution in [0.15, 0.2) is 12.5 Å². The smallest absolute Gasteiger partial charge is 0.231 e. The van der Waals surface area contributed by atoms with E-state index in [4.69, 9.17) is 0 Å². The fourth-order valence-corrected chi connectivity index (χ4v) is 1.49. The van der Waals surface area contributed by atoms with Crippen LogP contribution in [0.4, 0.5) is 11.5 Å². The topological polar surface area (TPSA) is 58.1 Å². The van der Waals surface area contributed by atoms with Crippen molar-refractivity contribution in [3.63, 3.8) is 0 Å². The third-order valence-corrected chi connectivity index (χ3v) is 2.38. The lowest BCUT2D eigenvalue weighted by Gasteiger charge is -2.16. The second-order valence-corrected chi connectivity index (χ2v) is 3.44. The molecular weight excluding hydrogens is 180 g/mol. The van der Waals surface area contributed by atoms with Crippen molar-refractivity contribution in [1.29, 1.82) is 0 Å². The Morgan fingerprint density at radius 2 is 2.43 bits per heavy atom. The first kappa shape index (κ1) is 8.93. The quantitative estimate of drug-likeness (QED) is 0.650. The highest BCUT2D eigenvalue weighted by Gasteiger charge is 2.24. The van der Waals surface area contributed by atoms with Crippen LogP contribution < -0.4 is 10.2 Å². The number of anilines is 2. The summed E-state index contributed by atoms with van der Waals surface area (Å²) in [4.78, 5) is 21.3. The Balaban J connectivity index is 2.45. The Morgan fingerprint density at radius 1 is 1.64 bits per heavy atom. The molecule has 1 N–H and O–H groups in total. The van der Waals surface area contributed by atoms with Crippen molar-refractivity contribution < 1.29 is 4.79 Å². The number of fused-ring (bicyclic) bond motifs is 1. The fraction of sp³-hybridized carbons (Fsp3) is 0.444. The number of carbonyl (C=O) groups is 1. The second kappa shape index (κ2) is 3.25. The lowest BCUT2D eigenvalue weighted by atomic mass is 10.1. The van der Waals surface area contributed by atoms with E-state index in [9.17, 15) is 4.79 Å². The molecule has 0 bridgehead atoms. The van der Waals surface area contributed by atoms with E-state index < -0.39 is 0 Å². The number of hydrogen-bond acceptors (Lipinski definition) is 4. The number of nitrogens with one attached hydrogen (secondary N) is 1. The number of nitrogens with zero attached hydrogens (tertiary/aromatic N) is 3. The van der Waals surface area contributed by atoms with Crippen LogP contribution in [0.3, 0.4) is 0 Å². The molecule has 1 aliphatic rings. The maximum absolute atomic E-state index is 11.7. The summed E-state index contributed by atoms with van der Waals surface area (Å²) in [6.07, 6.45) is 3.12. The summed E-state index contributed by atoms with van der Waals surface area (Å²) in [7, 11) is 1.74. The molecule has 1 amide bonds. The Hall–Kier alpha value is -1.65. The van der Waals surface area contributed by atoms with Crippen molar-refractivity contribution in [1.82, 2.24) is 9.97 Å². The zero-order valence-corrected chi connectivity index (χ0v) is 8.19. The Bertz CT molecular complexity index is 366. The standard InChI is InChI=1S/C9H12N4O/c1-6-3-11-8-7(4-10-5-12-8)13(2)9(6)14/h4-6H,3H2,1-2H3,(H,10,11,12). The molecule has 5 nitrogen and oxygen atoms in total. The molecule has 74 valence electrons. The minimum Gasteiger partial charge on any atom is -0.367 e. The number of carbonyl (C=O) groups excluding carboxylic acids is 1. The summed E-state index contributed by atoms with van der Waals surface area (Å²) in [5.41, 5.74) is 0.738. The van der Waals surface area contributed by atoms with Gasteiger partial charge >= 0.3 is 0 Å². The maximum Gasteiger partial charge on any atom is 0.231 e. The Labute approximate surface area is 82.2 Å². The highest BCUT2D eigenvalue weighted by Crippen LogP contribution is 2.25. The van der Waals surface area contributed by atoms with Crippen molar-refractivity contribution in [2.45, 2.75) is 6.92 Å². The van der Waals surface area contributed by atoms with Gasteiger partial charge in [-0.2, -0.15) is 0 Å². The van der Waals surface area contributed by atoms with Crippen LogP contribution in [0.25, 0.3) is 0 Å². The molecule has 0 fully saturated rings. The van der Waals surface area contributed by atoms with Gasteiger partial charge in [-0.15, -0.1) is 0 Å². The van der Waals surface area contributed by atoms with Gasteiger partial charge < -0.3 is 10.2 Å². The van der Waals surface area contributed by atoms with Crippen molar-refractivity contribution in [3.8, 4) is 0 Å². The van der Waals surface area contributed by atoms with Gasteiger partial charge in [0.15, 0.2) is 5.82 Å². The first-order valence-electron chi connectivity index (χ1n) is 4.51. The molecule has 0 saturated heterocycles. The van der Waals surface area contributed by atoms with Gasteiger partial charge in [0, 0.05) is 13.6 Å². The molecule has 2 rings (SSSR count). The monoisotopic (exact) mass is 192 g/mol. The highest BCUT2D eigenvalue weighted by atomic mass is 16.2. The van der Waals surface area contributed by atoms with E-state index in [1.165, 1.54) is 6.33 Å². The Kier molecular flexibility index (Phi) is 2.07. The third-order valence-electron chi connectivity index (χ3n) is 2.38. The highest BCUT2D eigenvalue weighted by molar-refractivity contribution is 5.98. The average Bonchev–Trinajstić information content (AvgIpc) is 2.32. The van der Waals surface area contributed by atoms with Crippen molar-refractivity contribution in [2.24, 2.45) is 5.92 Å². The van der Waals surface area contributed by atoms with E-state index >= 15 is 0 Å². The van der Waals surface area contributed by atoms with Crippen LogP contribution in [-0.4, -0.2) is 29.5 Å². The largest absolute Gasteiger partial charge is 0.367 e. The van der Waals surface area contributed by atoms with E-state index in [1.807, 2.05) is 6.92 Å². The van der Waals surface area contributed by atoms with E-state index in [-0.39, 0.29) is 11.8 Å². The van der Waals surface area contributed by atoms with E-state index in [2.05, 4.69) is 15.3 Å². The van der Waals surface area contributed by atoms with Gasteiger partial charge in [-0.25, -0.2) is 9.97 Å². The van der Waals surface area contributed by atoms with Crippen LogP contribution >= 0.6 is 0 Å². The first-order valence-corrected chi connectivity index (χ1v) is 4.51. The molecule has 1 atom stereocenters. The van der Waals surface area contributed by atoms with E-state index in [0.29, 0.717) is 6.54 Å². The summed E-state index contributed by atoms with van der Waals surface area (Å²) in [6, 6.07) is 0. The van der Waals surface area contributed by atoms with Gasteiger partial charge in [0.1, 0.15) is 12.0 Å². The zero-order chi connectivity index (χ0) is 10.1. The van der Waals surface area contributed by atoms with Crippen molar-refractivity contribution >= 4 is 17.4 Å². The summed E-state index contributed by atoms with van der Waals surface area (Å²) in [6.45, 7) is 2.51. The normalized spacial score (nSPS) is 21.1. The number of hydrogen-bond donors (Lipinski definition) is 1. The first-order chi connectivity index (χ1) is 6.70. The summed E-state index contributed by atoms with van der Waals surface area (Å²) < 4.78 is 0. The molecule has 5 heteroatoms. The van der Waals surface area contributed by atoms with E-state index in [1.54, 1.807) is 18.1 Å². The molecule has 1 aliphatic heterocycles. The summed E-state index contributed by atoms with van der Waals surface area (Å²) in [5, 5.41) is 3.12. The molecule has 0 spiro atoms. The molecule has 0 saturated carbocycles. The van der Waals surface area contributed by atoms with Crippen LogP contribution in [0.2, 0.25) is 0 Å². The molecule has 1 aromatic heterocycles. The molecule has 2 heterocycles. The molecule has 0 aliphatic carbocycles. The minimum atomic E-state index is -0.0331. The Morgan fingerprint density at radius 3 is 3.21 bits per heavy atom. The van der Waals surface area contributed by atoms with Crippen LogP contribution in [0, 0.1) is 5.92 Å². The van der Waals surface area contributed by atoms with Gasteiger partial charge in [-0.1, -0.05) is 6.92 Å².